The number of nitro groups is 1. The molecule has 0 radical (unpaired) electrons. The number of methoxy groups -OCH3 is 1. The molecule has 0 aromatic heterocycles. The van der Waals surface area contributed by atoms with E-state index in [4.69, 9.17) is 14.2 Å². The number of benzene rings is 1. The Bertz CT molecular complexity index is 439. The van der Waals surface area contributed by atoms with Gasteiger partial charge in [0.2, 0.25) is 0 Å². The minimum Gasteiger partial charge on any atom is -0.484 e. The summed E-state index contributed by atoms with van der Waals surface area (Å²) in [6.07, 6.45) is 0.885. The number of anilines is 1. The van der Waals surface area contributed by atoms with Gasteiger partial charge in [0.05, 0.1) is 24.7 Å². The van der Waals surface area contributed by atoms with Gasteiger partial charge in [0.1, 0.15) is 12.3 Å². The summed E-state index contributed by atoms with van der Waals surface area (Å²) in [6, 6.07) is 4.99. The lowest BCUT2D eigenvalue weighted by molar-refractivity contribution is -0.385. The van der Waals surface area contributed by atoms with Gasteiger partial charge in [-0.15, -0.1) is 0 Å². The number of nitro benzene ring substituents is 1. The van der Waals surface area contributed by atoms with Gasteiger partial charge in [0.25, 0.3) is 0 Å². The number of para-hydroxylation sites is 1. The van der Waals surface area contributed by atoms with Crippen molar-refractivity contribution in [2.45, 2.75) is 13.3 Å². The second kappa shape index (κ2) is 9.95. The van der Waals surface area contributed by atoms with Crippen LogP contribution in [0.3, 0.4) is 0 Å². The molecule has 7 heteroatoms. The Balaban J connectivity index is 2.61. The minimum atomic E-state index is -0.431. The predicted octanol–water partition coefficient (Wildman–Crippen LogP) is 2.46. The number of rotatable bonds is 11. The number of hydrogen-bond acceptors (Lipinski definition) is 6. The van der Waals surface area contributed by atoms with Gasteiger partial charge in [-0.25, -0.2) is 0 Å². The zero-order chi connectivity index (χ0) is 15.5. The van der Waals surface area contributed by atoms with E-state index in [-0.39, 0.29) is 18.0 Å². The summed E-state index contributed by atoms with van der Waals surface area (Å²) in [6.45, 7) is 4.26. The molecule has 0 atom stereocenters. The summed E-state index contributed by atoms with van der Waals surface area (Å²) in [5.74, 6) is 0.247. The molecular formula is C14H22N2O5. The molecule has 0 saturated carbocycles. The number of nitrogens with one attached hydrogen (secondary N) is 1. The van der Waals surface area contributed by atoms with Crippen molar-refractivity contribution in [3.8, 4) is 5.75 Å². The van der Waals surface area contributed by atoms with Gasteiger partial charge in [-0.05, 0) is 18.6 Å². The van der Waals surface area contributed by atoms with Crippen LogP contribution in [0.1, 0.15) is 13.3 Å². The zero-order valence-corrected chi connectivity index (χ0v) is 12.5. The first kappa shape index (κ1) is 17.2. The molecule has 0 fully saturated rings. The Morgan fingerprint density at radius 3 is 2.67 bits per heavy atom. The molecule has 0 heterocycles. The first-order valence-corrected chi connectivity index (χ1v) is 6.91. The maximum absolute atomic E-state index is 11.2. The third-order valence-corrected chi connectivity index (χ3v) is 2.66. The molecule has 0 amide bonds. The monoisotopic (exact) mass is 298 g/mol. The Labute approximate surface area is 124 Å². The van der Waals surface area contributed by atoms with E-state index < -0.39 is 4.92 Å². The van der Waals surface area contributed by atoms with Gasteiger partial charge in [-0.1, -0.05) is 13.0 Å². The summed E-state index contributed by atoms with van der Waals surface area (Å²) in [7, 11) is 1.60. The van der Waals surface area contributed by atoms with Crippen LogP contribution >= 0.6 is 0 Å². The van der Waals surface area contributed by atoms with Crippen LogP contribution in [0, 0.1) is 10.1 Å². The van der Waals surface area contributed by atoms with Gasteiger partial charge in [-0.2, -0.15) is 0 Å². The number of hydrogen-bond donors (Lipinski definition) is 1. The highest BCUT2D eigenvalue weighted by atomic mass is 16.6. The van der Waals surface area contributed by atoms with Crippen molar-refractivity contribution in [3.05, 3.63) is 28.3 Å². The SMILES string of the molecule is CCCNc1cccc(OCCOCCOC)c1[N+](=O)[O-]. The fourth-order valence-corrected chi connectivity index (χ4v) is 1.68. The molecule has 1 aromatic rings. The summed E-state index contributed by atoms with van der Waals surface area (Å²) < 4.78 is 15.6. The van der Waals surface area contributed by atoms with E-state index in [2.05, 4.69) is 5.32 Å². The second-order valence-electron chi connectivity index (χ2n) is 4.29. The second-order valence-corrected chi connectivity index (χ2v) is 4.29. The van der Waals surface area contributed by atoms with E-state index in [1.54, 1.807) is 25.3 Å². The summed E-state index contributed by atoms with van der Waals surface area (Å²) >= 11 is 0. The Kier molecular flexibility index (Phi) is 8.15. The highest BCUT2D eigenvalue weighted by Gasteiger charge is 2.20. The average Bonchev–Trinajstić information content (AvgIpc) is 2.48. The number of nitrogens with zero attached hydrogens (tertiary/aromatic N) is 1. The molecule has 1 N–H and O–H groups in total. The van der Waals surface area contributed by atoms with Crippen LogP contribution in [0.25, 0.3) is 0 Å². The molecule has 1 rings (SSSR count). The van der Waals surface area contributed by atoms with Crippen molar-refractivity contribution < 1.29 is 19.1 Å². The van der Waals surface area contributed by atoms with Crippen LogP contribution < -0.4 is 10.1 Å². The molecule has 118 valence electrons. The molecule has 1 aromatic carbocycles. The standard InChI is InChI=1S/C14H22N2O5/c1-3-7-15-12-5-4-6-13(14(12)16(17)18)21-11-10-20-9-8-19-2/h4-6,15H,3,7-11H2,1-2H3. The minimum absolute atomic E-state index is 0.0390. The van der Waals surface area contributed by atoms with Gasteiger partial charge in [0.15, 0.2) is 5.75 Å². The average molecular weight is 298 g/mol. The Morgan fingerprint density at radius 1 is 1.24 bits per heavy atom. The van der Waals surface area contributed by atoms with E-state index in [1.807, 2.05) is 6.92 Å². The molecule has 0 saturated heterocycles. The fourth-order valence-electron chi connectivity index (χ4n) is 1.68. The molecule has 7 nitrogen and oxygen atoms in total. The zero-order valence-electron chi connectivity index (χ0n) is 12.5. The first-order chi connectivity index (χ1) is 10.2. The van der Waals surface area contributed by atoms with E-state index >= 15 is 0 Å². The van der Waals surface area contributed by atoms with Crippen LogP contribution in [0.2, 0.25) is 0 Å². The summed E-state index contributed by atoms with van der Waals surface area (Å²) in [4.78, 5) is 10.8. The van der Waals surface area contributed by atoms with Gasteiger partial charge in [-0.3, -0.25) is 10.1 Å². The molecule has 0 spiro atoms. The highest BCUT2D eigenvalue weighted by molar-refractivity contribution is 5.68. The van der Waals surface area contributed by atoms with E-state index in [9.17, 15) is 10.1 Å². The number of ether oxygens (including phenoxy) is 3. The van der Waals surface area contributed by atoms with Crippen molar-refractivity contribution in [2.24, 2.45) is 0 Å². The van der Waals surface area contributed by atoms with Crippen LogP contribution in [-0.2, 0) is 9.47 Å². The third-order valence-electron chi connectivity index (χ3n) is 2.66. The maximum atomic E-state index is 11.2. The molecule has 0 unspecified atom stereocenters. The molecule has 0 bridgehead atoms. The third kappa shape index (κ3) is 5.97. The fraction of sp³-hybridized carbons (Fsp3) is 0.571. The van der Waals surface area contributed by atoms with E-state index in [1.165, 1.54) is 0 Å². The van der Waals surface area contributed by atoms with Crippen LogP contribution in [0.5, 0.6) is 5.75 Å². The van der Waals surface area contributed by atoms with Crippen molar-refractivity contribution in [1.29, 1.82) is 0 Å². The van der Waals surface area contributed by atoms with Crippen molar-refractivity contribution in [2.75, 3.05) is 45.4 Å². The highest BCUT2D eigenvalue weighted by Crippen LogP contribution is 2.34. The molecule has 0 aliphatic rings. The lowest BCUT2D eigenvalue weighted by atomic mass is 10.2. The van der Waals surface area contributed by atoms with Crippen LogP contribution in [0.15, 0.2) is 18.2 Å². The summed E-state index contributed by atoms with van der Waals surface area (Å²) in [5.41, 5.74) is 0.433. The predicted molar refractivity (Wildman–Crippen MR) is 80.1 cm³/mol. The molecule has 0 aliphatic heterocycles. The van der Waals surface area contributed by atoms with E-state index in [0.29, 0.717) is 32.1 Å². The first-order valence-electron chi connectivity index (χ1n) is 6.91. The molecule has 21 heavy (non-hydrogen) atoms. The van der Waals surface area contributed by atoms with Crippen molar-refractivity contribution in [1.82, 2.24) is 0 Å². The summed E-state index contributed by atoms with van der Waals surface area (Å²) in [5, 5.41) is 14.3. The van der Waals surface area contributed by atoms with Gasteiger partial charge < -0.3 is 19.5 Å². The smallest absolute Gasteiger partial charge is 0.333 e. The van der Waals surface area contributed by atoms with Crippen molar-refractivity contribution in [3.63, 3.8) is 0 Å². The normalized spacial score (nSPS) is 10.4. The van der Waals surface area contributed by atoms with Gasteiger partial charge in [0, 0.05) is 13.7 Å². The largest absolute Gasteiger partial charge is 0.484 e. The Morgan fingerprint density at radius 2 is 2.00 bits per heavy atom. The lowest BCUT2D eigenvalue weighted by Gasteiger charge is -2.11. The van der Waals surface area contributed by atoms with Gasteiger partial charge >= 0.3 is 5.69 Å². The van der Waals surface area contributed by atoms with Crippen LogP contribution in [0.4, 0.5) is 11.4 Å². The van der Waals surface area contributed by atoms with E-state index in [0.717, 1.165) is 6.42 Å². The molecular weight excluding hydrogens is 276 g/mol. The lowest BCUT2D eigenvalue weighted by Crippen LogP contribution is -2.11. The molecule has 0 aliphatic carbocycles. The quantitative estimate of drug-likeness (QED) is 0.384. The van der Waals surface area contributed by atoms with Crippen LogP contribution in [-0.4, -0.2) is 45.0 Å². The maximum Gasteiger partial charge on any atom is 0.333 e. The Hall–Kier alpha value is -1.86. The van der Waals surface area contributed by atoms with Crippen molar-refractivity contribution >= 4 is 11.4 Å². The topological polar surface area (TPSA) is 82.9 Å².